The number of likely N-dealkylation sites (tertiary alicyclic amines) is 1. The first kappa shape index (κ1) is 15.0. The maximum absolute atomic E-state index is 12.4. The number of carbonyl (C=O) groups is 1. The molecule has 5 nitrogen and oxygen atoms in total. The van der Waals surface area contributed by atoms with Crippen LogP contribution in [0.1, 0.15) is 43.9 Å². The molecule has 1 aromatic rings. The fourth-order valence-electron chi connectivity index (χ4n) is 2.81. The van der Waals surface area contributed by atoms with Crippen molar-refractivity contribution in [2.75, 3.05) is 13.1 Å². The van der Waals surface area contributed by atoms with Crippen LogP contribution in [-0.4, -0.2) is 35.1 Å². The highest BCUT2D eigenvalue weighted by molar-refractivity contribution is 5.91. The van der Waals surface area contributed by atoms with Crippen molar-refractivity contribution in [3.8, 4) is 0 Å². The lowest BCUT2D eigenvalue weighted by atomic mass is 9.92. The van der Waals surface area contributed by atoms with Crippen LogP contribution in [0.5, 0.6) is 0 Å². The van der Waals surface area contributed by atoms with Gasteiger partial charge in [0, 0.05) is 25.2 Å². The Morgan fingerprint density at radius 2 is 2.15 bits per heavy atom. The highest BCUT2D eigenvalue weighted by Gasteiger charge is 2.36. The normalized spacial score (nSPS) is 23.1. The van der Waals surface area contributed by atoms with Crippen LogP contribution < -0.4 is 5.73 Å². The summed E-state index contributed by atoms with van der Waals surface area (Å²) < 4.78 is 5.19. The van der Waals surface area contributed by atoms with Crippen molar-refractivity contribution in [3.05, 3.63) is 17.5 Å². The van der Waals surface area contributed by atoms with E-state index in [1.54, 1.807) is 11.0 Å². The van der Waals surface area contributed by atoms with Gasteiger partial charge in [-0.1, -0.05) is 32.9 Å². The number of nitrogens with zero attached hydrogens (tertiary/aromatic N) is 2. The van der Waals surface area contributed by atoms with Crippen molar-refractivity contribution in [1.29, 1.82) is 0 Å². The lowest BCUT2D eigenvalue weighted by Crippen LogP contribution is -2.33. The van der Waals surface area contributed by atoms with Gasteiger partial charge in [0.15, 0.2) is 0 Å². The predicted molar refractivity (Wildman–Crippen MR) is 77.3 cm³/mol. The quantitative estimate of drug-likeness (QED) is 0.914. The molecular formula is C15H25N3O2. The summed E-state index contributed by atoms with van der Waals surface area (Å²) in [6.07, 6.45) is 0.824. The Morgan fingerprint density at radius 1 is 1.45 bits per heavy atom. The number of hydrogen-bond donors (Lipinski definition) is 1. The average Bonchev–Trinajstić information content (AvgIpc) is 2.94. The smallest absolute Gasteiger partial charge is 0.292 e. The van der Waals surface area contributed by atoms with Crippen LogP contribution in [0.25, 0.3) is 0 Å². The number of rotatable bonds is 4. The van der Waals surface area contributed by atoms with E-state index in [0.29, 0.717) is 36.6 Å². The molecule has 0 radical (unpaired) electrons. The zero-order chi connectivity index (χ0) is 14.9. The van der Waals surface area contributed by atoms with Crippen molar-refractivity contribution in [2.24, 2.45) is 23.5 Å². The average molecular weight is 279 g/mol. The van der Waals surface area contributed by atoms with Gasteiger partial charge in [-0.15, -0.1) is 0 Å². The number of aromatic nitrogens is 1. The number of nitrogens with two attached hydrogens (primary N) is 1. The van der Waals surface area contributed by atoms with Gasteiger partial charge in [-0.25, -0.2) is 0 Å². The van der Waals surface area contributed by atoms with Gasteiger partial charge in [-0.3, -0.25) is 4.79 Å². The van der Waals surface area contributed by atoms with Gasteiger partial charge in [-0.2, -0.15) is 0 Å². The Morgan fingerprint density at radius 3 is 2.70 bits per heavy atom. The van der Waals surface area contributed by atoms with Crippen LogP contribution >= 0.6 is 0 Å². The van der Waals surface area contributed by atoms with Crippen molar-refractivity contribution in [3.63, 3.8) is 0 Å². The second-order valence-electron chi connectivity index (χ2n) is 6.56. The molecule has 2 heterocycles. The van der Waals surface area contributed by atoms with Crippen LogP contribution in [-0.2, 0) is 6.42 Å². The molecule has 1 amide bonds. The molecular weight excluding hydrogens is 254 g/mol. The molecule has 0 spiro atoms. The van der Waals surface area contributed by atoms with E-state index in [1.165, 1.54) is 0 Å². The number of hydrogen-bond acceptors (Lipinski definition) is 4. The van der Waals surface area contributed by atoms with Crippen molar-refractivity contribution >= 4 is 5.91 Å². The highest BCUT2D eigenvalue weighted by atomic mass is 16.5. The van der Waals surface area contributed by atoms with Gasteiger partial charge in [-0.05, 0) is 24.2 Å². The lowest BCUT2D eigenvalue weighted by Gasteiger charge is -2.17. The van der Waals surface area contributed by atoms with Crippen molar-refractivity contribution in [2.45, 2.75) is 40.2 Å². The maximum atomic E-state index is 12.4. The second-order valence-corrected chi connectivity index (χ2v) is 6.56. The van der Waals surface area contributed by atoms with E-state index in [1.807, 2.05) is 0 Å². The summed E-state index contributed by atoms with van der Waals surface area (Å²) in [5.41, 5.74) is 6.96. The van der Waals surface area contributed by atoms with Gasteiger partial charge in [0.25, 0.3) is 5.91 Å². The lowest BCUT2D eigenvalue weighted by molar-refractivity contribution is 0.0741. The summed E-state index contributed by atoms with van der Waals surface area (Å²) in [5.74, 6) is 1.57. The SMILES string of the molecule is CC(C)Cc1cc(C(=O)N2C[C@H](C(C)C)[C@@H](N)C2)on1. The third-order valence-corrected chi connectivity index (χ3v) is 3.94. The Hall–Kier alpha value is -1.36. The molecule has 1 aliphatic rings. The Bertz CT molecular complexity index is 467. The van der Waals surface area contributed by atoms with Gasteiger partial charge in [0.1, 0.15) is 0 Å². The molecule has 2 rings (SSSR count). The largest absolute Gasteiger partial charge is 0.351 e. The summed E-state index contributed by atoms with van der Waals surface area (Å²) in [6.45, 7) is 9.83. The summed E-state index contributed by atoms with van der Waals surface area (Å²) in [6, 6.07) is 1.81. The summed E-state index contributed by atoms with van der Waals surface area (Å²) in [4.78, 5) is 14.2. The van der Waals surface area contributed by atoms with Gasteiger partial charge in [0.05, 0.1) is 5.69 Å². The van der Waals surface area contributed by atoms with Crippen LogP contribution in [0.4, 0.5) is 0 Å². The highest BCUT2D eigenvalue weighted by Crippen LogP contribution is 2.24. The van der Waals surface area contributed by atoms with Gasteiger partial charge >= 0.3 is 0 Å². The molecule has 2 atom stereocenters. The molecule has 0 aliphatic carbocycles. The van der Waals surface area contributed by atoms with Gasteiger partial charge < -0.3 is 15.2 Å². The van der Waals surface area contributed by atoms with E-state index in [4.69, 9.17) is 10.3 Å². The van der Waals surface area contributed by atoms with Crippen LogP contribution in [0, 0.1) is 17.8 Å². The molecule has 112 valence electrons. The first-order valence-corrected chi connectivity index (χ1v) is 7.39. The predicted octanol–water partition coefficient (Wildman–Crippen LogP) is 1.93. The molecule has 1 aromatic heterocycles. The van der Waals surface area contributed by atoms with Crippen molar-refractivity contribution in [1.82, 2.24) is 10.1 Å². The Labute approximate surface area is 120 Å². The molecule has 1 saturated heterocycles. The summed E-state index contributed by atoms with van der Waals surface area (Å²) >= 11 is 0. The molecule has 0 aromatic carbocycles. The van der Waals surface area contributed by atoms with E-state index < -0.39 is 0 Å². The van der Waals surface area contributed by atoms with E-state index in [9.17, 15) is 4.79 Å². The third kappa shape index (κ3) is 3.20. The molecule has 0 unspecified atom stereocenters. The van der Waals surface area contributed by atoms with Gasteiger partial charge in [0.2, 0.25) is 5.76 Å². The monoisotopic (exact) mass is 279 g/mol. The van der Waals surface area contributed by atoms with E-state index in [0.717, 1.165) is 12.1 Å². The molecule has 5 heteroatoms. The summed E-state index contributed by atoms with van der Waals surface area (Å²) in [5, 5.41) is 3.97. The number of carbonyl (C=O) groups excluding carboxylic acids is 1. The zero-order valence-electron chi connectivity index (χ0n) is 12.8. The molecule has 1 fully saturated rings. The molecule has 0 bridgehead atoms. The van der Waals surface area contributed by atoms with E-state index >= 15 is 0 Å². The minimum atomic E-state index is -0.0916. The standard InChI is InChI=1S/C15H25N3O2/c1-9(2)5-11-6-14(20-17-11)15(19)18-7-12(10(3)4)13(16)8-18/h6,9-10,12-13H,5,7-8,16H2,1-4H3/t12-,13+/m1/s1. The number of amides is 1. The van der Waals surface area contributed by atoms with Crippen molar-refractivity contribution < 1.29 is 9.32 Å². The minimum absolute atomic E-state index is 0.0528. The Kier molecular flexibility index (Phi) is 4.48. The van der Waals surface area contributed by atoms with Crippen LogP contribution in [0.15, 0.2) is 10.6 Å². The van der Waals surface area contributed by atoms with E-state index in [-0.39, 0.29) is 11.9 Å². The summed E-state index contributed by atoms with van der Waals surface area (Å²) in [7, 11) is 0. The van der Waals surface area contributed by atoms with E-state index in [2.05, 4.69) is 32.9 Å². The molecule has 1 aliphatic heterocycles. The van der Waals surface area contributed by atoms with Crippen LogP contribution in [0.2, 0.25) is 0 Å². The Balaban J connectivity index is 2.03. The molecule has 20 heavy (non-hydrogen) atoms. The zero-order valence-corrected chi connectivity index (χ0v) is 12.8. The fraction of sp³-hybridized carbons (Fsp3) is 0.733. The first-order valence-electron chi connectivity index (χ1n) is 7.39. The molecule has 2 N–H and O–H groups in total. The second kappa shape index (κ2) is 5.95. The maximum Gasteiger partial charge on any atom is 0.292 e. The fourth-order valence-corrected chi connectivity index (χ4v) is 2.81. The minimum Gasteiger partial charge on any atom is -0.351 e. The molecule has 0 saturated carbocycles. The third-order valence-electron chi connectivity index (χ3n) is 3.94. The first-order chi connectivity index (χ1) is 9.38. The topological polar surface area (TPSA) is 72.4 Å². The van der Waals surface area contributed by atoms with Crippen LogP contribution in [0.3, 0.4) is 0 Å².